The Bertz CT molecular complexity index is 190. The second-order valence-corrected chi connectivity index (χ2v) is 2.52. The summed E-state index contributed by atoms with van der Waals surface area (Å²) in [6.45, 7) is 5.24. The Balaban J connectivity index is 4.22. The molecule has 0 fully saturated rings. The van der Waals surface area contributed by atoms with Gasteiger partial charge in [0.1, 0.15) is 0 Å². The molecule has 0 rings (SSSR count). The van der Waals surface area contributed by atoms with E-state index in [-0.39, 0.29) is 11.8 Å². The van der Waals surface area contributed by atoms with E-state index in [1.807, 2.05) is 13.8 Å². The zero-order valence-corrected chi connectivity index (χ0v) is 7.29. The van der Waals surface area contributed by atoms with E-state index in [0.29, 0.717) is 5.57 Å². The molecule has 11 heavy (non-hydrogen) atoms. The standard InChI is InChI=1S/C9H15NO/c1-4-9(8(3)11)6-5-7(2)10/h4-7H,10H2,1-3H3/b6-5-,9-4+. The monoisotopic (exact) mass is 153 g/mol. The van der Waals surface area contributed by atoms with Gasteiger partial charge in [-0.1, -0.05) is 18.2 Å². The van der Waals surface area contributed by atoms with Crippen molar-refractivity contribution in [2.45, 2.75) is 26.8 Å². The molecule has 0 bridgehead atoms. The fraction of sp³-hybridized carbons (Fsp3) is 0.444. The minimum Gasteiger partial charge on any atom is -0.325 e. The number of nitrogens with two attached hydrogens (primary N) is 1. The number of ketones is 1. The van der Waals surface area contributed by atoms with Crippen molar-refractivity contribution in [1.82, 2.24) is 0 Å². The van der Waals surface area contributed by atoms with Crippen LogP contribution in [0, 0.1) is 0 Å². The average molecular weight is 153 g/mol. The van der Waals surface area contributed by atoms with Gasteiger partial charge >= 0.3 is 0 Å². The highest BCUT2D eigenvalue weighted by atomic mass is 16.1. The minimum atomic E-state index is 0.00398. The van der Waals surface area contributed by atoms with Crippen LogP contribution in [0.2, 0.25) is 0 Å². The van der Waals surface area contributed by atoms with Crippen LogP contribution in [0.1, 0.15) is 20.8 Å². The number of carbonyl (C=O) groups is 1. The topological polar surface area (TPSA) is 43.1 Å². The van der Waals surface area contributed by atoms with E-state index in [1.165, 1.54) is 0 Å². The maximum atomic E-state index is 10.8. The number of hydrogen-bond donors (Lipinski definition) is 1. The van der Waals surface area contributed by atoms with Crippen molar-refractivity contribution in [3.05, 3.63) is 23.8 Å². The molecular weight excluding hydrogens is 138 g/mol. The number of allylic oxidation sites excluding steroid dienone is 3. The van der Waals surface area contributed by atoms with Crippen molar-refractivity contribution in [2.24, 2.45) is 5.73 Å². The van der Waals surface area contributed by atoms with Gasteiger partial charge in [-0.05, 0) is 20.8 Å². The van der Waals surface area contributed by atoms with Gasteiger partial charge in [0.2, 0.25) is 0 Å². The fourth-order valence-corrected chi connectivity index (χ4v) is 0.672. The molecule has 0 spiro atoms. The van der Waals surface area contributed by atoms with Crippen LogP contribution in [0.15, 0.2) is 23.8 Å². The molecule has 0 saturated carbocycles. The lowest BCUT2D eigenvalue weighted by Gasteiger charge is -1.96. The molecule has 0 aliphatic carbocycles. The molecule has 1 unspecified atom stereocenters. The van der Waals surface area contributed by atoms with E-state index in [4.69, 9.17) is 5.73 Å². The Morgan fingerprint density at radius 2 is 2.09 bits per heavy atom. The maximum absolute atomic E-state index is 10.8. The summed E-state index contributed by atoms with van der Waals surface area (Å²) in [5.74, 6) is 0.0735. The molecule has 0 aromatic carbocycles. The Labute approximate surface area is 67.8 Å². The molecule has 0 aromatic rings. The Hall–Kier alpha value is -0.890. The smallest absolute Gasteiger partial charge is 0.159 e. The van der Waals surface area contributed by atoms with Gasteiger partial charge in [-0.2, -0.15) is 0 Å². The number of Topliss-reactive ketones (excluding diaryl/α,β-unsaturated/α-hetero) is 1. The zero-order valence-electron chi connectivity index (χ0n) is 7.29. The van der Waals surface area contributed by atoms with Crippen LogP contribution in [0.4, 0.5) is 0 Å². The second-order valence-electron chi connectivity index (χ2n) is 2.52. The van der Waals surface area contributed by atoms with E-state index in [1.54, 1.807) is 25.2 Å². The lowest BCUT2D eigenvalue weighted by Crippen LogP contribution is -2.10. The van der Waals surface area contributed by atoms with Crippen molar-refractivity contribution >= 4 is 5.78 Å². The molecule has 0 amide bonds. The summed E-state index contributed by atoms with van der Waals surface area (Å²) in [7, 11) is 0. The molecule has 0 aromatic heterocycles. The van der Waals surface area contributed by atoms with Gasteiger partial charge in [-0.15, -0.1) is 0 Å². The highest BCUT2D eigenvalue weighted by Crippen LogP contribution is 1.98. The quantitative estimate of drug-likeness (QED) is 0.492. The van der Waals surface area contributed by atoms with Crippen LogP contribution in [0.5, 0.6) is 0 Å². The molecule has 0 radical (unpaired) electrons. The third-order valence-electron chi connectivity index (χ3n) is 1.30. The summed E-state index contributed by atoms with van der Waals surface area (Å²) < 4.78 is 0. The minimum absolute atomic E-state index is 0.00398. The van der Waals surface area contributed by atoms with Crippen LogP contribution in [0.3, 0.4) is 0 Å². The molecule has 1 atom stereocenters. The number of carbonyl (C=O) groups excluding carboxylic acids is 1. The van der Waals surface area contributed by atoms with E-state index < -0.39 is 0 Å². The third-order valence-corrected chi connectivity index (χ3v) is 1.30. The summed E-state index contributed by atoms with van der Waals surface area (Å²) >= 11 is 0. The van der Waals surface area contributed by atoms with Gasteiger partial charge in [-0.25, -0.2) is 0 Å². The maximum Gasteiger partial charge on any atom is 0.159 e. The summed E-state index contributed by atoms with van der Waals surface area (Å²) in [6, 6.07) is 0.00398. The molecule has 62 valence electrons. The van der Waals surface area contributed by atoms with Crippen LogP contribution in [0.25, 0.3) is 0 Å². The van der Waals surface area contributed by atoms with Crippen molar-refractivity contribution < 1.29 is 4.79 Å². The summed E-state index contributed by atoms with van der Waals surface area (Å²) in [5.41, 5.74) is 6.18. The summed E-state index contributed by atoms with van der Waals surface area (Å²) in [4.78, 5) is 10.8. The van der Waals surface area contributed by atoms with Gasteiger partial charge in [0.25, 0.3) is 0 Å². The summed E-state index contributed by atoms with van der Waals surface area (Å²) in [6.07, 6.45) is 5.34. The van der Waals surface area contributed by atoms with Crippen molar-refractivity contribution in [1.29, 1.82) is 0 Å². The van der Waals surface area contributed by atoms with E-state index in [0.717, 1.165) is 0 Å². The molecular formula is C9H15NO. The summed E-state index contributed by atoms with van der Waals surface area (Å²) in [5, 5.41) is 0. The third kappa shape index (κ3) is 4.51. The van der Waals surface area contributed by atoms with Crippen molar-refractivity contribution in [3.63, 3.8) is 0 Å². The first-order chi connectivity index (χ1) is 5.07. The lowest BCUT2D eigenvalue weighted by atomic mass is 10.1. The van der Waals surface area contributed by atoms with Crippen LogP contribution in [-0.4, -0.2) is 11.8 Å². The van der Waals surface area contributed by atoms with Gasteiger partial charge in [0, 0.05) is 11.6 Å². The van der Waals surface area contributed by atoms with Gasteiger partial charge in [-0.3, -0.25) is 4.79 Å². The zero-order chi connectivity index (χ0) is 8.85. The molecule has 2 nitrogen and oxygen atoms in total. The van der Waals surface area contributed by atoms with Gasteiger partial charge < -0.3 is 5.73 Å². The first-order valence-electron chi connectivity index (χ1n) is 3.69. The molecule has 2 heteroatoms. The van der Waals surface area contributed by atoms with Crippen LogP contribution in [-0.2, 0) is 4.79 Å². The largest absolute Gasteiger partial charge is 0.325 e. The van der Waals surface area contributed by atoms with Crippen LogP contribution < -0.4 is 5.73 Å². The highest BCUT2D eigenvalue weighted by molar-refractivity contribution is 5.95. The SMILES string of the molecule is C/C=C(\C=C/C(C)N)C(C)=O. The average Bonchev–Trinajstić information content (AvgIpc) is 1.87. The van der Waals surface area contributed by atoms with Gasteiger partial charge in [0.15, 0.2) is 5.78 Å². The van der Waals surface area contributed by atoms with E-state index in [9.17, 15) is 4.79 Å². The number of hydrogen-bond acceptors (Lipinski definition) is 2. The van der Waals surface area contributed by atoms with E-state index in [2.05, 4.69) is 0 Å². The van der Waals surface area contributed by atoms with Crippen molar-refractivity contribution in [3.8, 4) is 0 Å². The molecule has 2 N–H and O–H groups in total. The normalized spacial score (nSPS) is 15.5. The fourth-order valence-electron chi connectivity index (χ4n) is 0.672. The van der Waals surface area contributed by atoms with Gasteiger partial charge in [0.05, 0.1) is 0 Å². The number of rotatable bonds is 3. The first kappa shape index (κ1) is 10.1. The van der Waals surface area contributed by atoms with Crippen LogP contribution >= 0.6 is 0 Å². The molecule has 0 aliphatic rings. The Kier molecular flexibility index (Phi) is 4.46. The molecule has 0 saturated heterocycles. The molecule has 0 aliphatic heterocycles. The Morgan fingerprint density at radius 1 is 1.55 bits per heavy atom. The Morgan fingerprint density at radius 3 is 2.36 bits per heavy atom. The van der Waals surface area contributed by atoms with Crippen molar-refractivity contribution in [2.75, 3.05) is 0 Å². The predicted molar refractivity (Wildman–Crippen MR) is 47.2 cm³/mol. The van der Waals surface area contributed by atoms with E-state index >= 15 is 0 Å². The second kappa shape index (κ2) is 4.85. The molecule has 0 heterocycles. The first-order valence-corrected chi connectivity index (χ1v) is 3.69. The lowest BCUT2D eigenvalue weighted by molar-refractivity contribution is -0.113. The predicted octanol–water partition coefficient (Wildman–Crippen LogP) is 1.43. The highest BCUT2D eigenvalue weighted by Gasteiger charge is 1.96.